The largest absolute Gasteiger partial charge is 0.416 e. The van der Waals surface area contributed by atoms with Crippen LogP contribution >= 0.6 is 11.3 Å². The van der Waals surface area contributed by atoms with Gasteiger partial charge < -0.3 is 14.9 Å². The number of amides is 1. The number of likely N-dealkylation sites (tertiary alicyclic amines) is 1. The molecule has 2 aromatic rings. The van der Waals surface area contributed by atoms with Crippen LogP contribution in [0.3, 0.4) is 0 Å². The average Bonchev–Trinajstić information content (AvgIpc) is 3.62. The zero-order chi connectivity index (χ0) is 27.0. The van der Waals surface area contributed by atoms with Gasteiger partial charge in [0, 0.05) is 51.6 Å². The van der Waals surface area contributed by atoms with E-state index >= 15 is 0 Å². The van der Waals surface area contributed by atoms with Gasteiger partial charge in [-0.05, 0) is 35.6 Å². The van der Waals surface area contributed by atoms with Gasteiger partial charge in [0.25, 0.3) is 10.0 Å². The van der Waals surface area contributed by atoms with E-state index in [1.54, 1.807) is 17.5 Å². The molecule has 0 bridgehead atoms. The van der Waals surface area contributed by atoms with Crippen molar-refractivity contribution in [1.29, 1.82) is 0 Å². The minimum absolute atomic E-state index is 0.150. The quantitative estimate of drug-likeness (QED) is 0.581. The number of alkyl halides is 3. The fourth-order valence-corrected chi connectivity index (χ4v) is 7.52. The van der Waals surface area contributed by atoms with E-state index in [0.717, 1.165) is 17.7 Å². The number of halogens is 3. The Hall–Kier alpha value is -2.68. The molecule has 1 aromatic heterocycles. The van der Waals surface area contributed by atoms with E-state index in [2.05, 4.69) is 15.4 Å². The number of benzene rings is 1. The van der Waals surface area contributed by atoms with Crippen LogP contribution in [0.1, 0.15) is 36.8 Å². The summed E-state index contributed by atoms with van der Waals surface area (Å²) in [6.07, 6.45) is -3.20. The van der Waals surface area contributed by atoms with E-state index in [1.165, 1.54) is 27.8 Å². The van der Waals surface area contributed by atoms with Crippen LogP contribution in [0.15, 0.2) is 51.1 Å². The highest BCUT2D eigenvalue weighted by Crippen LogP contribution is 2.37. The lowest BCUT2D eigenvalue weighted by Gasteiger charge is -2.35. The summed E-state index contributed by atoms with van der Waals surface area (Å²) in [6, 6.07) is 8.20. The maximum Gasteiger partial charge on any atom is 0.416 e. The van der Waals surface area contributed by atoms with Gasteiger partial charge in [-0.2, -0.15) is 17.5 Å². The van der Waals surface area contributed by atoms with E-state index in [9.17, 15) is 26.4 Å². The standard InChI is InChI=1S/C24H27F3N4O5S2/c25-24(26,27)18-5-3-17(4-6-18)15-30-10-7-19(16-30)28-22(32)35-20-14-23(36-29-20)8-11-31(12-9-23)38(33,34)21-2-1-13-37-21/h1-6,13,19H,7-12,14-16H2,(H,28,32). The summed E-state index contributed by atoms with van der Waals surface area (Å²) in [7, 11) is -3.53. The molecule has 0 aliphatic carbocycles. The van der Waals surface area contributed by atoms with Crippen molar-refractivity contribution < 1.29 is 36.0 Å². The fraction of sp³-hybridized carbons (Fsp3) is 0.500. The monoisotopic (exact) mass is 572 g/mol. The molecule has 206 valence electrons. The van der Waals surface area contributed by atoms with Gasteiger partial charge in [-0.3, -0.25) is 4.90 Å². The highest BCUT2D eigenvalue weighted by molar-refractivity contribution is 7.91. The SMILES string of the molecule is O=C(NC1CCN(Cc2ccc(C(F)(F)F)cc2)C1)OC1=NOC2(CCN(S(=O)(=O)c3cccs3)CC2)C1. The van der Waals surface area contributed by atoms with Crippen LogP contribution in [-0.4, -0.2) is 67.4 Å². The number of sulfonamides is 1. The van der Waals surface area contributed by atoms with Crippen LogP contribution in [0.4, 0.5) is 18.0 Å². The van der Waals surface area contributed by atoms with Gasteiger partial charge in [-0.15, -0.1) is 11.3 Å². The van der Waals surface area contributed by atoms with Crippen molar-refractivity contribution in [2.75, 3.05) is 26.2 Å². The number of hydrogen-bond acceptors (Lipinski definition) is 8. The van der Waals surface area contributed by atoms with Crippen molar-refractivity contribution in [3.8, 4) is 0 Å². The number of piperidine rings is 1. The molecule has 1 atom stereocenters. The molecule has 9 nitrogen and oxygen atoms in total. The van der Waals surface area contributed by atoms with Gasteiger partial charge in [-0.1, -0.05) is 23.4 Å². The average molecular weight is 573 g/mol. The Kier molecular flexibility index (Phi) is 7.42. The number of rotatable bonds is 5. The fourth-order valence-electron chi connectivity index (χ4n) is 4.94. The van der Waals surface area contributed by atoms with Gasteiger partial charge in [0.05, 0.1) is 12.0 Å². The molecule has 2 saturated heterocycles. The summed E-state index contributed by atoms with van der Waals surface area (Å²) in [4.78, 5) is 20.1. The molecule has 4 heterocycles. The van der Waals surface area contributed by atoms with Gasteiger partial charge in [0.1, 0.15) is 9.81 Å². The number of oxime groups is 1. The first-order chi connectivity index (χ1) is 18.0. The van der Waals surface area contributed by atoms with Crippen molar-refractivity contribution in [2.45, 2.75) is 54.3 Å². The van der Waals surface area contributed by atoms with Crippen LogP contribution in [-0.2, 0) is 32.3 Å². The number of carbonyl (C=O) groups is 1. The van der Waals surface area contributed by atoms with Gasteiger partial charge in [-0.25, -0.2) is 13.2 Å². The maximum atomic E-state index is 12.8. The molecule has 1 spiro atoms. The summed E-state index contributed by atoms with van der Waals surface area (Å²) in [5, 5.41) is 8.47. The van der Waals surface area contributed by atoms with Crippen molar-refractivity contribution in [3.63, 3.8) is 0 Å². The van der Waals surface area contributed by atoms with Gasteiger partial charge >= 0.3 is 12.3 Å². The second kappa shape index (κ2) is 10.5. The summed E-state index contributed by atoms with van der Waals surface area (Å²) in [5.74, 6) is 0.150. The molecule has 1 amide bonds. The van der Waals surface area contributed by atoms with Crippen LogP contribution < -0.4 is 5.32 Å². The zero-order valence-electron chi connectivity index (χ0n) is 20.3. The topological polar surface area (TPSA) is 101 Å². The number of ether oxygens (including phenoxy) is 1. The third-order valence-electron chi connectivity index (χ3n) is 7.03. The third-order valence-corrected chi connectivity index (χ3v) is 10.3. The molecular weight excluding hydrogens is 545 g/mol. The summed E-state index contributed by atoms with van der Waals surface area (Å²) < 4.78 is 70.9. The molecule has 3 aliphatic heterocycles. The molecule has 1 N–H and O–H groups in total. The van der Waals surface area contributed by atoms with E-state index in [4.69, 9.17) is 9.57 Å². The Morgan fingerprint density at radius 2 is 1.92 bits per heavy atom. The first-order valence-electron chi connectivity index (χ1n) is 12.2. The van der Waals surface area contributed by atoms with Gasteiger partial charge in [0.15, 0.2) is 0 Å². The van der Waals surface area contributed by atoms with E-state index < -0.39 is 33.5 Å². The molecule has 1 unspecified atom stereocenters. The minimum atomic E-state index is -4.36. The summed E-state index contributed by atoms with van der Waals surface area (Å²) >= 11 is 1.18. The Balaban J connectivity index is 1.05. The van der Waals surface area contributed by atoms with Gasteiger partial charge in [0.2, 0.25) is 5.90 Å². The third kappa shape index (κ3) is 5.98. The van der Waals surface area contributed by atoms with Crippen LogP contribution in [0.25, 0.3) is 0 Å². The lowest BCUT2D eigenvalue weighted by molar-refractivity contribution is -0.137. The van der Waals surface area contributed by atoms with E-state index in [0.29, 0.717) is 43.1 Å². The Morgan fingerprint density at radius 1 is 1.18 bits per heavy atom. The lowest BCUT2D eigenvalue weighted by atomic mass is 9.89. The lowest BCUT2D eigenvalue weighted by Crippen LogP contribution is -2.46. The summed E-state index contributed by atoms with van der Waals surface area (Å²) in [6.45, 7) is 2.27. The second-order valence-electron chi connectivity index (χ2n) is 9.72. The van der Waals surface area contributed by atoms with Crippen LogP contribution in [0.5, 0.6) is 0 Å². The Bertz CT molecular complexity index is 1280. The highest BCUT2D eigenvalue weighted by Gasteiger charge is 2.46. The number of thiophene rings is 1. The molecule has 0 saturated carbocycles. The minimum Gasteiger partial charge on any atom is -0.392 e. The first-order valence-corrected chi connectivity index (χ1v) is 14.5. The maximum absolute atomic E-state index is 12.8. The van der Waals surface area contributed by atoms with E-state index in [-0.39, 0.29) is 31.4 Å². The second-order valence-corrected chi connectivity index (χ2v) is 12.8. The highest BCUT2D eigenvalue weighted by atomic mass is 32.2. The molecule has 38 heavy (non-hydrogen) atoms. The molecule has 1 aromatic carbocycles. The van der Waals surface area contributed by atoms with Crippen molar-refractivity contribution >= 4 is 33.4 Å². The normalized spacial score (nSPS) is 22.3. The van der Waals surface area contributed by atoms with E-state index in [1.807, 2.05) is 0 Å². The van der Waals surface area contributed by atoms with Crippen molar-refractivity contribution in [1.82, 2.24) is 14.5 Å². The molecule has 3 aliphatic rings. The number of hydrogen-bond donors (Lipinski definition) is 1. The zero-order valence-corrected chi connectivity index (χ0v) is 21.9. The van der Waals surface area contributed by atoms with Crippen molar-refractivity contribution in [2.24, 2.45) is 5.16 Å². The smallest absolute Gasteiger partial charge is 0.392 e. The number of nitrogens with one attached hydrogen (secondary N) is 1. The molecule has 14 heteroatoms. The first kappa shape index (κ1) is 26.9. The molecular formula is C24H27F3N4O5S2. The van der Waals surface area contributed by atoms with Crippen LogP contribution in [0, 0.1) is 0 Å². The Morgan fingerprint density at radius 3 is 2.58 bits per heavy atom. The number of carbonyl (C=O) groups excluding carboxylic acids is 1. The molecule has 5 rings (SSSR count). The predicted octanol–water partition coefficient (Wildman–Crippen LogP) is 4.02. The van der Waals surface area contributed by atoms with Crippen molar-refractivity contribution in [3.05, 3.63) is 52.9 Å². The summed E-state index contributed by atoms with van der Waals surface area (Å²) in [5.41, 5.74) is -0.610. The Labute approximate surface area is 222 Å². The van der Waals surface area contributed by atoms with Crippen LogP contribution in [0.2, 0.25) is 0 Å². The molecule has 0 radical (unpaired) electrons. The molecule has 2 fully saturated rings. The predicted molar refractivity (Wildman–Crippen MR) is 133 cm³/mol. The number of alkyl carbamates (subject to hydrolysis) is 1. The number of nitrogens with zero attached hydrogens (tertiary/aromatic N) is 3.